The summed E-state index contributed by atoms with van der Waals surface area (Å²) in [5.74, 6) is 0.416. The highest BCUT2D eigenvalue weighted by Crippen LogP contribution is 2.21. The van der Waals surface area contributed by atoms with Crippen molar-refractivity contribution in [1.29, 1.82) is 0 Å². The summed E-state index contributed by atoms with van der Waals surface area (Å²) in [6.07, 6.45) is 1.68. The highest BCUT2D eigenvalue weighted by atomic mass is 16.5. The maximum Gasteiger partial charge on any atom is 0.336 e. The Hall–Kier alpha value is -3.87. The third-order valence-electron chi connectivity index (χ3n) is 4.78. The van der Waals surface area contributed by atoms with Crippen molar-refractivity contribution in [2.24, 2.45) is 0 Å². The molecule has 1 amide bonds. The van der Waals surface area contributed by atoms with Gasteiger partial charge >= 0.3 is 5.63 Å². The predicted octanol–water partition coefficient (Wildman–Crippen LogP) is 4.20. The Kier molecular flexibility index (Phi) is 5.10. The summed E-state index contributed by atoms with van der Waals surface area (Å²) < 4.78 is 12.6. The van der Waals surface area contributed by atoms with Gasteiger partial charge in [-0.3, -0.25) is 4.79 Å². The van der Waals surface area contributed by atoms with E-state index in [9.17, 15) is 9.59 Å². The molecule has 0 atom stereocenters. The number of amides is 1. The molecule has 0 aliphatic carbocycles. The molecule has 2 aromatic carbocycles. The zero-order valence-electron chi connectivity index (χ0n) is 16.9. The van der Waals surface area contributed by atoms with Crippen LogP contribution >= 0.6 is 0 Å². The van der Waals surface area contributed by atoms with E-state index in [0.29, 0.717) is 11.3 Å². The van der Waals surface area contributed by atoms with E-state index in [1.54, 1.807) is 35.1 Å². The predicted molar refractivity (Wildman–Crippen MR) is 114 cm³/mol. The van der Waals surface area contributed by atoms with E-state index >= 15 is 0 Å². The van der Waals surface area contributed by atoms with Crippen molar-refractivity contribution in [3.63, 3.8) is 0 Å². The number of hydrogen-bond acceptors (Lipinski definition) is 5. The summed E-state index contributed by atoms with van der Waals surface area (Å²) >= 11 is 0. The molecule has 0 radical (unpaired) electrons. The van der Waals surface area contributed by atoms with E-state index in [1.807, 2.05) is 39.0 Å². The minimum absolute atomic E-state index is 0.192. The first kappa shape index (κ1) is 19.4. The van der Waals surface area contributed by atoms with E-state index in [0.717, 1.165) is 27.8 Å². The molecule has 30 heavy (non-hydrogen) atoms. The number of nitrogens with one attached hydrogen (secondary N) is 1. The molecule has 0 spiro atoms. The zero-order chi connectivity index (χ0) is 21.3. The van der Waals surface area contributed by atoms with Crippen molar-refractivity contribution in [2.45, 2.75) is 27.5 Å². The molecule has 4 rings (SSSR count). The topological polar surface area (TPSA) is 86.4 Å². The molecule has 0 aliphatic heterocycles. The van der Waals surface area contributed by atoms with Gasteiger partial charge in [0.05, 0.1) is 0 Å². The molecule has 0 unspecified atom stereocenters. The first-order chi connectivity index (χ1) is 14.4. The number of hydrogen-bond donors (Lipinski definition) is 1. The average Bonchev–Trinajstić information content (AvgIpc) is 3.17. The van der Waals surface area contributed by atoms with Gasteiger partial charge in [0, 0.05) is 29.4 Å². The third kappa shape index (κ3) is 4.10. The van der Waals surface area contributed by atoms with Gasteiger partial charge in [-0.2, -0.15) is 5.10 Å². The Morgan fingerprint density at radius 3 is 2.73 bits per heavy atom. The minimum atomic E-state index is -0.425. The molecule has 7 heteroatoms. The summed E-state index contributed by atoms with van der Waals surface area (Å²) in [5.41, 5.74) is 3.73. The standard InChI is InChI=1S/C23H21N3O4/c1-14-4-5-15(2)20(10-14)29-13-26-9-8-19(25-26)23(28)24-17-6-7-18-16(3)11-22(27)30-21(18)12-17/h4-12H,13H2,1-3H3,(H,24,28). The molecule has 0 aliphatic rings. The number of nitrogens with zero attached hydrogens (tertiary/aromatic N) is 2. The van der Waals surface area contributed by atoms with Crippen LogP contribution in [0.3, 0.4) is 0 Å². The zero-order valence-corrected chi connectivity index (χ0v) is 16.9. The van der Waals surface area contributed by atoms with Gasteiger partial charge in [0.15, 0.2) is 12.4 Å². The molecule has 2 heterocycles. The highest BCUT2D eigenvalue weighted by Gasteiger charge is 2.12. The summed E-state index contributed by atoms with van der Waals surface area (Å²) in [5, 5.41) is 7.87. The van der Waals surface area contributed by atoms with E-state index in [4.69, 9.17) is 9.15 Å². The molecule has 0 bridgehead atoms. The van der Waals surface area contributed by atoms with Crippen molar-refractivity contribution < 1.29 is 13.9 Å². The van der Waals surface area contributed by atoms with Crippen molar-refractivity contribution in [2.75, 3.05) is 5.32 Å². The van der Waals surface area contributed by atoms with Gasteiger partial charge in [0.25, 0.3) is 5.91 Å². The van der Waals surface area contributed by atoms with Crippen LogP contribution in [0, 0.1) is 20.8 Å². The number of anilines is 1. The lowest BCUT2D eigenvalue weighted by molar-refractivity contribution is 0.102. The van der Waals surface area contributed by atoms with E-state index in [2.05, 4.69) is 10.4 Å². The first-order valence-corrected chi connectivity index (χ1v) is 9.48. The van der Waals surface area contributed by atoms with Gasteiger partial charge in [-0.25, -0.2) is 9.48 Å². The Labute approximate surface area is 172 Å². The van der Waals surface area contributed by atoms with Crippen LogP contribution in [0.15, 0.2) is 63.9 Å². The number of carbonyl (C=O) groups is 1. The van der Waals surface area contributed by atoms with E-state index < -0.39 is 5.63 Å². The molecular formula is C23H21N3O4. The fraction of sp³-hybridized carbons (Fsp3) is 0.174. The van der Waals surface area contributed by atoms with Crippen LogP contribution in [-0.4, -0.2) is 15.7 Å². The maximum absolute atomic E-state index is 12.6. The van der Waals surface area contributed by atoms with Crippen LogP contribution in [0.1, 0.15) is 27.2 Å². The fourth-order valence-electron chi connectivity index (χ4n) is 3.15. The Balaban J connectivity index is 1.46. The monoisotopic (exact) mass is 403 g/mol. The lowest BCUT2D eigenvalue weighted by Gasteiger charge is -2.10. The van der Waals surface area contributed by atoms with E-state index in [1.165, 1.54) is 6.07 Å². The third-order valence-corrected chi connectivity index (χ3v) is 4.78. The van der Waals surface area contributed by atoms with Crippen LogP contribution < -0.4 is 15.7 Å². The van der Waals surface area contributed by atoms with Gasteiger partial charge in [-0.05, 0) is 61.7 Å². The summed E-state index contributed by atoms with van der Waals surface area (Å²) in [7, 11) is 0. The molecule has 7 nitrogen and oxygen atoms in total. The molecule has 0 saturated heterocycles. The number of benzene rings is 2. The second kappa shape index (κ2) is 7.87. The van der Waals surface area contributed by atoms with Crippen molar-refractivity contribution in [3.05, 3.63) is 87.5 Å². The van der Waals surface area contributed by atoms with E-state index in [-0.39, 0.29) is 18.3 Å². The van der Waals surface area contributed by atoms with Crippen molar-refractivity contribution >= 4 is 22.6 Å². The largest absolute Gasteiger partial charge is 0.471 e. The van der Waals surface area contributed by atoms with Gasteiger partial charge in [-0.1, -0.05) is 12.1 Å². The average molecular weight is 403 g/mol. The Bertz CT molecular complexity index is 1300. The number of rotatable bonds is 5. The summed E-state index contributed by atoms with van der Waals surface area (Å²) in [6.45, 7) is 6.01. The Morgan fingerprint density at radius 2 is 1.90 bits per heavy atom. The van der Waals surface area contributed by atoms with Crippen LogP contribution in [0.4, 0.5) is 5.69 Å². The van der Waals surface area contributed by atoms with Gasteiger partial charge < -0.3 is 14.5 Å². The maximum atomic E-state index is 12.6. The smallest absolute Gasteiger partial charge is 0.336 e. The van der Waals surface area contributed by atoms with Crippen LogP contribution in [0.2, 0.25) is 0 Å². The van der Waals surface area contributed by atoms with Gasteiger partial charge in [-0.15, -0.1) is 0 Å². The molecule has 2 aromatic heterocycles. The molecule has 1 N–H and O–H groups in total. The van der Waals surface area contributed by atoms with Gasteiger partial charge in [0.1, 0.15) is 11.3 Å². The van der Waals surface area contributed by atoms with Gasteiger partial charge in [0.2, 0.25) is 0 Å². The number of carbonyl (C=O) groups excluding carboxylic acids is 1. The number of ether oxygens (including phenoxy) is 1. The Morgan fingerprint density at radius 1 is 1.07 bits per heavy atom. The molecule has 152 valence electrons. The number of aryl methyl sites for hydroxylation is 3. The van der Waals surface area contributed by atoms with Crippen molar-refractivity contribution in [1.82, 2.24) is 9.78 Å². The highest BCUT2D eigenvalue weighted by molar-refractivity contribution is 6.03. The minimum Gasteiger partial charge on any atom is -0.471 e. The molecule has 4 aromatic rings. The summed E-state index contributed by atoms with van der Waals surface area (Å²) in [6, 6.07) is 14.2. The summed E-state index contributed by atoms with van der Waals surface area (Å²) in [4.78, 5) is 24.1. The van der Waals surface area contributed by atoms with Crippen molar-refractivity contribution in [3.8, 4) is 5.75 Å². The lowest BCUT2D eigenvalue weighted by atomic mass is 10.1. The van der Waals surface area contributed by atoms with Crippen LogP contribution in [-0.2, 0) is 6.73 Å². The quantitative estimate of drug-likeness (QED) is 0.505. The normalized spacial score (nSPS) is 10.9. The first-order valence-electron chi connectivity index (χ1n) is 9.48. The fourth-order valence-corrected chi connectivity index (χ4v) is 3.15. The molecular weight excluding hydrogens is 382 g/mol. The molecule has 0 saturated carbocycles. The van der Waals surface area contributed by atoms with Crippen LogP contribution in [0.5, 0.6) is 5.75 Å². The lowest BCUT2D eigenvalue weighted by Crippen LogP contribution is -2.14. The second-order valence-corrected chi connectivity index (χ2v) is 7.20. The molecule has 0 fully saturated rings. The second-order valence-electron chi connectivity index (χ2n) is 7.20. The van der Waals surface area contributed by atoms with Crippen LogP contribution in [0.25, 0.3) is 11.0 Å². The SMILES string of the molecule is Cc1ccc(C)c(OCn2ccc(C(=O)Nc3ccc4c(C)cc(=O)oc4c3)n2)c1. The number of fused-ring (bicyclic) bond motifs is 1. The number of aromatic nitrogens is 2.